The van der Waals surface area contributed by atoms with Crippen LogP contribution in [0.1, 0.15) is 17.9 Å². The molecule has 2 aromatic carbocycles. The molecule has 0 spiro atoms. The van der Waals surface area contributed by atoms with Gasteiger partial charge in [-0.05, 0) is 48.1 Å². The molecule has 3 rings (SSSR count). The molecule has 0 aromatic heterocycles. The Labute approximate surface area is 139 Å². The summed E-state index contributed by atoms with van der Waals surface area (Å²) in [6.07, 6.45) is 1.03. The van der Waals surface area contributed by atoms with E-state index in [1.165, 1.54) is 5.56 Å². The number of hydrogen-bond acceptors (Lipinski definition) is 2. The quantitative estimate of drug-likeness (QED) is 0.651. The third-order valence-corrected chi connectivity index (χ3v) is 4.13. The molecule has 2 atom stereocenters. The number of hydrogen-bond donors (Lipinski definition) is 2. The maximum Gasteiger partial charge on any atom is 0.193 e. The Morgan fingerprint density at radius 3 is 2.92 bits per heavy atom. The minimum Gasteiger partial charge on any atom is -0.497 e. The Kier molecular flexibility index (Phi) is 4.64. The van der Waals surface area contributed by atoms with Gasteiger partial charge in [0, 0.05) is 12.6 Å². The zero-order valence-corrected chi connectivity index (χ0v) is 13.3. The lowest BCUT2D eigenvalue weighted by molar-refractivity contribution is 0.414. The Bertz CT molecular complexity index is 764. The van der Waals surface area contributed by atoms with E-state index in [0.717, 1.165) is 30.4 Å². The first-order valence-corrected chi connectivity index (χ1v) is 7.73. The average Bonchev–Trinajstić information content (AvgIpc) is 3.36. The number of nitrogens with zero attached hydrogens (tertiary/aromatic N) is 1. The van der Waals surface area contributed by atoms with Gasteiger partial charge in [0.05, 0.1) is 12.8 Å². The van der Waals surface area contributed by atoms with Crippen molar-refractivity contribution in [2.45, 2.75) is 12.3 Å². The summed E-state index contributed by atoms with van der Waals surface area (Å²) in [6.45, 7) is 0.539. The van der Waals surface area contributed by atoms with E-state index in [1.54, 1.807) is 7.11 Å². The highest BCUT2D eigenvalue weighted by Gasteiger charge is 2.38. The van der Waals surface area contributed by atoms with Gasteiger partial charge in [0.25, 0.3) is 0 Å². The lowest BCUT2D eigenvalue weighted by atomic mass is 10.1. The molecule has 1 aliphatic carbocycles. The fourth-order valence-electron chi connectivity index (χ4n) is 2.72. The summed E-state index contributed by atoms with van der Waals surface area (Å²) in [7, 11) is 1.64. The molecule has 0 aliphatic heterocycles. The molecule has 4 nitrogen and oxygen atoms in total. The summed E-state index contributed by atoms with van der Waals surface area (Å²) in [6, 6.07) is 11.1. The van der Waals surface area contributed by atoms with Crippen LogP contribution in [-0.4, -0.2) is 19.6 Å². The second kappa shape index (κ2) is 6.86. The van der Waals surface area contributed by atoms with E-state index in [2.05, 4.69) is 16.4 Å². The first-order chi connectivity index (χ1) is 11.6. The van der Waals surface area contributed by atoms with Crippen LogP contribution in [0.5, 0.6) is 5.75 Å². The van der Waals surface area contributed by atoms with Crippen molar-refractivity contribution in [1.29, 1.82) is 0 Å². The lowest BCUT2D eigenvalue weighted by Crippen LogP contribution is -2.23. The van der Waals surface area contributed by atoms with E-state index >= 15 is 0 Å². The second-order valence-electron chi connectivity index (χ2n) is 5.85. The van der Waals surface area contributed by atoms with E-state index < -0.39 is 11.6 Å². The topological polar surface area (TPSA) is 59.6 Å². The van der Waals surface area contributed by atoms with Crippen LogP contribution in [0, 0.1) is 17.6 Å². The van der Waals surface area contributed by atoms with Gasteiger partial charge in [-0.2, -0.15) is 0 Å². The highest BCUT2D eigenvalue weighted by molar-refractivity contribution is 5.92. The van der Waals surface area contributed by atoms with E-state index in [1.807, 2.05) is 18.2 Å². The minimum atomic E-state index is -0.574. The Morgan fingerprint density at radius 2 is 2.12 bits per heavy atom. The number of aliphatic imine (C=N–C) groups is 1. The largest absolute Gasteiger partial charge is 0.497 e. The molecule has 2 aromatic rings. The number of methoxy groups -OCH3 is 1. The SMILES string of the molecule is COc1cccc([C@@H]2C[C@H]2CN=C(N)Nc2cc(F)ccc2F)c1. The van der Waals surface area contributed by atoms with Crippen LogP contribution in [0.2, 0.25) is 0 Å². The molecule has 1 saturated carbocycles. The van der Waals surface area contributed by atoms with Crippen molar-refractivity contribution in [3.8, 4) is 5.75 Å². The van der Waals surface area contributed by atoms with E-state index in [4.69, 9.17) is 10.5 Å². The van der Waals surface area contributed by atoms with Gasteiger partial charge in [0.1, 0.15) is 17.4 Å². The summed E-state index contributed by atoms with van der Waals surface area (Å²) in [5.41, 5.74) is 6.96. The number of anilines is 1. The molecule has 126 valence electrons. The fourth-order valence-corrected chi connectivity index (χ4v) is 2.72. The number of rotatable bonds is 5. The van der Waals surface area contributed by atoms with E-state index in [-0.39, 0.29) is 11.6 Å². The van der Waals surface area contributed by atoms with Gasteiger partial charge in [0.2, 0.25) is 0 Å². The number of nitrogens with one attached hydrogen (secondary N) is 1. The molecule has 3 N–H and O–H groups in total. The maximum atomic E-state index is 13.5. The van der Waals surface area contributed by atoms with Crippen LogP contribution in [0.3, 0.4) is 0 Å². The van der Waals surface area contributed by atoms with Gasteiger partial charge < -0.3 is 15.8 Å². The van der Waals surface area contributed by atoms with Crippen LogP contribution < -0.4 is 15.8 Å². The molecule has 24 heavy (non-hydrogen) atoms. The second-order valence-corrected chi connectivity index (χ2v) is 5.85. The maximum absolute atomic E-state index is 13.5. The van der Waals surface area contributed by atoms with Gasteiger partial charge in [0.15, 0.2) is 5.96 Å². The first kappa shape index (κ1) is 16.2. The van der Waals surface area contributed by atoms with Crippen molar-refractivity contribution in [3.63, 3.8) is 0 Å². The smallest absolute Gasteiger partial charge is 0.193 e. The van der Waals surface area contributed by atoms with Crippen molar-refractivity contribution in [3.05, 3.63) is 59.7 Å². The summed E-state index contributed by atoms with van der Waals surface area (Å²) in [4.78, 5) is 4.23. The van der Waals surface area contributed by atoms with Crippen molar-refractivity contribution in [2.24, 2.45) is 16.6 Å². The van der Waals surface area contributed by atoms with Crippen molar-refractivity contribution in [2.75, 3.05) is 19.0 Å². The predicted octanol–water partition coefficient (Wildman–Crippen LogP) is 3.50. The third kappa shape index (κ3) is 3.82. The van der Waals surface area contributed by atoms with Gasteiger partial charge >= 0.3 is 0 Å². The van der Waals surface area contributed by atoms with Crippen molar-refractivity contribution < 1.29 is 13.5 Å². The van der Waals surface area contributed by atoms with Gasteiger partial charge in [-0.1, -0.05) is 12.1 Å². The summed E-state index contributed by atoms with van der Waals surface area (Å²) >= 11 is 0. The summed E-state index contributed by atoms with van der Waals surface area (Å²) in [5.74, 6) is 0.639. The van der Waals surface area contributed by atoms with Crippen LogP contribution in [-0.2, 0) is 0 Å². The first-order valence-electron chi connectivity index (χ1n) is 7.73. The molecule has 0 radical (unpaired) electrons. The molecule has 1 fully saturated rings. The monoisotopic (exact) mass is 331 g/mol. The van der Waals surface area contributed by atoms with Crippen LogP contribution >= 0.6 is 0 Å². The molecule has 0 amide bonds. The minimum absolute atomic E-state index is 0.0172. The predicted molar refractivity (Wildman–Crippen MR) is 90.3 cm³/mol. The van der Waals surface area contributed by atoms with Gasteiger partial charge in [-0.15, -0.1) is 0 Å². The zero-order chi connectivity index (χ0) is 17.1. The molecule has 1 aliphatic rings. The molecule has 0 unspecified atom stereocenters. The highest BCUT2D eigenvalue weighted by Crippen LogP contribution is 2.48. The Balaban J connectivity index is 1.57. The summed E-state index contributed by atoms with van der Waals surface area (Å²) < 4.78 is 31.9. The third-order valence-electron chi connectivity index (χ3n) is 4.13. The van der Waals surface area contributed by atoms with Crippen molar-refractivity contribution in [1.82, 2.24) is 0 Å². The van der Waals surface area contributed by atoms with Gasteiger partial charge in [-0.25, -0.2) is 8.78 Å². The average molecular weight is 331 g/mol. The molecule has 0 saturated heterocycles. The normalized spacial score (nSPS) is 19.9. The number of guanidine groups is 1. The van der Waals surface area contributed by atoms with E-state index in [0.29, 0.717) is 18.4 Å². The highest BCUT2D eigenvalue weighted by atomic mass is 19.1. The number of benzene rings is 2. The molecule has 6 heteroatoms. The van der Waals surface area contributed by atoms with Crippen LogP contribution in [0.25, 0.3) is 0 Å². The Morgan fingerprint density at radius 1 is 1.29 bits per heavy atom. The molecule has 0 bridgehead atoms. The Hall–Kier alpha value is -2.63. The summed E-state index contributed by atoms with van der Waals surface area (Å²) in [5, 5.41) is 2.60. The fraction of sp³-hybridized carbons (Fsp3) is 0.278. The number of ether oxygens (including phenoxy) is 1. The van der Waals surface area contributed by atoms with Crippen LogP contribution in [0.15, 0.2) is 47.5 Å². The van der Waals surface area contributed by atoms with Gasteiger partial charge in [-0.3, -0.25) is 4.99 Å². The lowest BCUT2D eigenvalue weighted by Gasteiger charge is -2.07. The molecular weight excluding hydrogens is 312 g/mol. The van der Waals surface area contributed by atoms with Crippen molar-refractivity contribution >= 4 is 11.6 Å². The molecule has 0 heterocycles. The standard InChI is InChI=1S/C18H19F2N3O/c1-24-14-4-2-3-11(7-14)15-8-12(15)10-22-18(21)23-17-9-13(19)5-6-16(17)20/h2-7,9,12,15H,8,10H2,1H3,(H3,21,22,23)/t12-,15-/m0/s1. The van der Waals surface area contributed by atoms with E-state index in [9.17, 15) is 8.78 Å². The zero-order valence-electron chi connectivity index (χ0n) is 13.3. The molecular formula is C18H19F2N3O. The van der Waals surface area contributed by atoms with Crippen LogP contribution in [0.4, 0.5) is 14.5 Å². The number of halogens is 2. The number of nitrogens with two attached hydrogens (primary N) is 1.